The molecule has 1 aromatic carbocycles. The van der Waals surface area contributed by atoms with E-state index in [2.05, 4.69) is 0 Å². The van der Waals surface area contributed by atoms with Gasteiger partial charge < -0.3 is 4.42 Å². The van der Waals surface area contributed by atoms with E-state index in [4.69, 9.17) is 28.2 Å². The zero-order chi connectivity index (χ0) is 10.1. The summed E-state index contributed by atoms with van der Waals surface area (Å²) in [6, 6.07) is 5.26. The van der Waals surface area contributed by atoms with Crippen LogP contribution in [-0.2, 0) is 0 Å². The van der Waals surface area contributed by atoms with Gasteiger partial charge in [-0.1, -0.05) is 29.9 Å². The van der Waals surface area contributed by atoms with Crippen molar-refractivity contribution in [3.63, 3.8) is 0 Å². The van der Waals surface area contributed by atoms with Crippen molar-refractivity contribution in [2.45, 2.75) is 0 Å². The Bertz CT molecular complexity index is 560. The average molecular weight is 225 g/mol. The monoisotopic (exact) mass is 224 g/mol. The number of aldehydes is 1. The Morgan fingerprint density at radius 1 is 1.43 bits per heavy atom. The van der Waals surface area contributed by atoms with Gasteiger partial charge in [0.2, 0.25) is 0 Å². The lowest BCUT2D eigenvalue weighted by Crippen LogP contribution is -1.83. The van der Waals surface area contributed by atoms with Crippen molar-refractivity contribution >= 4 is 41.1 Å². The van der Waals surface area contributed by atoms with Gasteiger partial charge in [0, 0.05) is 5.39 Å². The number of para-hydroxylation sites is 1. The van der Waals surface area contributed by atoms with Crippen LogP contribution in [-0.4, -0.2) is 6.29 Å². The molecule has 0 spiro atoms. The van der Waals surface area contributed by atoms with E-state index in [1.165, 1.54) is 6.26 Å². The maximum Gasteiger partial charge on any atom is 0.154 e. The number of carbonyl (C=O) groups excluding carboxylic acids is 1. The van der Waals surface area contributed by atoms with Crippen LogP contribution in [0, 0.1) is 4.51 Å². The lowest BCUT2D eigenvalue weighted by atomic mass is 10.2. The molecule has 0 aliphatic carbocycles. The molecule has 4 heteroatoms. The number of carbonyl (C=O) groups is 1. The molecule has 70 valence electrons. The van der Waals surface area contributed by atoms with Crippen LogP contribution in [0.3, 0.4) is 0 Å². The second-order valence-corrected chi connectivity index (χ2v) is 3.57. The highest BCUT2D eigenvalue weighted by Gasteiger charge is 2.05. The van der Waals surface area contributed by atoms with Gasteiger partial charge in [-0.05, 0) is 12.1 Å². The van der Waals surface area contributed by atoms with Crippen LogP contribution in [0.5, 0.6) is 0 Å². The first-order valence-electron chi connectivity index (χ1n) is 3.89. The maximum atomic E-state index is 10.6. The van der Waals surface area contributed by atoms with Gasteiger partial charge in [0.15, 0.2) is 11.9 Å². The molecule has 0 aliphatic heterocycles. The Morgan fingerprint density at radius 3 is 2.93 bits per heavy atom. The number of benzene rings is 1. The van der Waals surface area contributed by atoms with Crippen molar-refractivity contribution in [2.24, 2.45) is 0 Å². The van der Waals surface area contributed by atoms with Gasteiger partial charge in [-0.2, -0.15) is 0 Å². The van der Waals surface area contributed by atoms with E-state index in [0.29, 0.717) is 32.4 Å². The molecule has 2 nitrogen and oxygen atoms in total. The predicted octanol–water partition coefficient (Wildman–Crippen LogP) is 3.63. The fraction of sp³-hybridized carbons (Fsp3) is 0. The summed E-state index contributed by atoms with van der Waals surface area (Å²) in [7, 11) is 0. The van der Waals surface area contributed by atoms with Crippen LogP contribution in [0.25, 0.3) is 11.0 Å². The molecule has 0 N–H and O–H groups in total. The van der Waals surface area contributed by atoms with Crippen LogP contribution in [0.2, 0.25) is 5.02 Å². The minimum Gasteiger partial charge on any atom is -0.462 e. The van der Waals surface area contributed by atoms with E-state index >= 15 is 0 Å². The standard InChI is InChI=1S/C10H5ClO2S/c11-8-3-1-2-7-9(8)13-5-6(4-12)10(7)14/h1-5H. The SMILES string of the molecule is O=Cc1coc2c(Cl)cccc2c1=S. The Kier molecular flexibility index (Phi) is 2.35. The van der Waals surface area contributed by atoms with Gasteiger partial charge in [0.25, 0.3) is 0 Å². The van der Waals surface area contributed by atoms with E-state index in [0.717, 1.165) is 0 Å². The third kappa shape index (κ3) is 1.35. The number of fused-ring (bicyclic) bond motifs is 1. The maximum absolute atomic E-state index is 10.6. The van der Waals surface area contributed by atoms with Crippen molar-refractivity contribution in [3.05, 3.63) is 39.6 Å². The summed E-state index contributed by atoms with van der Waals surface area (Å²) >= 11 is 11.0. The molecule has 14 heavy (non-hydrogen) atoms. The predicted molar refractivity (Wildman–Crippen MR) is 57.4 cm³/mol. The van der Waals surface area contributed by atoms with Gasteiger partial charge in [-0.15, -0.1) is 0 Å². The first-order valence-corrected chi connectivity index (χ1v) is 4.68. The third-order valence-electron chi connectivity index (χ3n) is 1.90. The van der Waals surface area contributed by atoms with Gasteiger partial charge >= 0.3 is 0 Å². The number of hydrogen-bond donors (Lipinski definition) is 0. The van der Waals surface area contributed by atoms with E-state index in [1.807, 2.05) is 0 Å². The first-order chi connectivity index (χ1) is 6.74. The fourth-order valence-electron chi connectivity index (χ4n) is 1.22. The molecule has 0 aliphatic rings. The number of rotatable bonds is 1. The highest BCUT2D eigenvalue weighted by Crippen LogP contribution is 2.25. The van der Waals surface area contributed by atoms with Crippen molar-refractivity contribution in [3.8, 4) is 0 Å². The fourth-order valence-corrected chi connectivity index (χ4v) is 1.70. The minimum atomic E-state index is 0.370. The molecule has 1 aromatic heterocycles. The second kappa shape index (κ2) is 3.52. The zero-order valence-corrected chi connectivity index (χ0v) is 8.56. The Morgan fingerprint density at radius 2 is 2.21 bits per heavy atom. The summed E-state index contributed by atoms with van der Waals surface area (Å²) in [5.74, 6) is 0. The highest BCUT2D eigenvalue weighted by atomic mass is 35.5. The lowest BCUT2D eigenvalue weighted by Gasteiger charge is -1.99. The van der Waals surface area contributed by atoms with Crippen LogP contribution in [0.1, 0.15) is 10.4 Å². The molecule has 0 atom stereocenters. The highest BCUT2D eigenvalue weighted by molar-refractivity contribution is 7.71. The quantitative estimate of drug-likeness (QED) is 0.547. The van der Waals surface area contributed by atoms with Crippen molar-refractivity contribution < 1.29 is 9.21 Å². The number of hydrogen-bond acceptors (Lipinski definition) is 3. The van der Waals surface area contributed by atoms with E-state index in [1.54, 1.807) is 18.2 Å². The van der Waals surface area contributed by atoms with Crippen LogP contribution < -0.4 is 0 Å². The Labute approximate surface area is 90.1 Å². The van der Waals surface area contributed by atoms with Gasteiger partial charge in [0.1, 0.15) is 6.26 Å². The summed E-state index contributed by atoms with van der Waals surface area (Å²) in [5.41, 5.74) is 0.888. The normalized spacial score (nSPS) is 10.4. The first kappa shape index (κ1) is 9.37. The summed E-state index contributed by atoms with van der Waals surface area (Å²) in [6.45, 7) is 0. The van der Waals surface area contributed by atoms with Gasteiger partial charge in [-0.25, -0.2) is 0 Å². The van der Waals surface area contributed by atoms with Crippen molar-refractivity contribution in [2.75, 3.05) is 0 Å². The molecule has 0 saturated carbocycles. The third-order valence-corrected chi connectivity index (χ3v) is 2.66. The van der Waals surface area contributed by atoms with Gasteiger partial charge in [0.05, 0.1) is 15.1 Å². The Balaban J connectivity index is 2.98. The molecule has 0 bridgehead atoms. The molecule has 0 saturated heterocycles. The molecule has 0 radical (unpaired) electrons. The van der Waals surface area contributed by atoms with Gasteiger partial charge in [-0.3, -0.25) is 4.79 Å². The molecule has 0 fully saturated rings. The summed E-state index contributed by atoms with van der Waals surface area (Å²) < 4.78 is 5.69. The lowest BCUT2D eigenvalue weighted by molar-refractivity contribution is 0.112. The van der Waals surface area contributed by atoms with Crippen LogP contribution >= 0.6 is 23.8 Å². The van der Waals surface area contributed by atoms with E-state index < -0.39 is 0 Å². The van der Waals surface area contributed by atoms with Crippen LogP contribution in [0.4, 0.5) is 0 Å². The minimum absolute atomic E-state index is 0.370. The zero-order valence-electron chi connectivity index (χ0n) is 6.99. The topological polar surface area (TPSA) is 30.2 Å². The smallest absolute Gasteiger partial charge is 0.154 e. The molecule has 1 heterocycles. The van der Waals surface area contributed by atoms with Crippen LogP contribution in [0.15, 0.2) is 28.9 Å². The average Bonchev–Trinajstić information content (AvgIpc) is 2.20. The Hall–Kier alpha value is -1.19. The van der Waals surface area contributed by atoms with Crippen molar-refractivity contribution in [1.82, 2.24) is 0 Å². The molecule has 0 amide bonds. The molecular weight excluding hydrogens is 220 g/mol. The summed E-state index contributed by atoms with van der Waals surface area (Å²) in [6.07, 6.45) is 2.00. The molecule has 2 rings (SSSR count). The molecule has 2 aromatic rings. The molecule has 0 unspecified atom stereocenters. The largest absolute Gasteiger partial charge is 0.462 e. The van der Waals surface area contributed by atoms with Crippen molar-refractivity contribution in [1.29, 1.82) is 0 Å². The summed E-state index contributed by atoms with van der Waals surface area (Å²) in [4.78, 5) is 10.6. The second-order valence-electron chi connectivity index (χ2n) is 2.75. The number of halogens is 1. The summed E-state index contributed by atoms with van der Waals surface area (Å²) in [5, 5.41) is 1.18. The van der Waals surface area contributed by atoms with E-state index in [9.17, 15) is 4.79 Å². The van der Waals surface area contributed by atoms with E-state index in [-0.39, 0.29) is 0 Å². The molecular formula is C10H5ClO2S.